The number of rotatable bonds is 5. The molecule has 192 valence electrons. The van der Waals surface area contributed by atoms with Gasteiger partial charge in [-0.05, 0) is 59.7 Å². The Morgan fingerprint density at radius 1 is 0.897 bits per heavy atom. The molecule has 39 heavy (non-hydrogen) atoms. The van der Waals surface area contributed by atoms with E-state index in [1.165, 1.54) is 0 Å². The van der Waals surface area contributed by atoms with Crippen molar-refractivity contribution in [2.24, 2.45) is 7.05 Å². The smallest absolute Gasteiger partial charge is 0.263 e. The fraction of sp³-hybridized carbons (Fsp3) is 0.0968. The van der Waals surface area contributed by atoms with Gasteiger partial charge in [0, 0.05) is 37.0 Å². The second kappa shape index (κ2) is 9.18. The van der Waals surface area contributed by atoms with Crippen LogP contribution in [0.4, 0.5) is 5.82 Å². The zero-order chi connectivity index (χ0) is 26.5. The normalized spacial score (nSPS) is 12.4. The molecule has 1 atom stereocenters. The van der Waals surface area contributed by atoms with Crippen LogP contribution in [0.5, 0.6) is 0 Å². The number of nitrogens with zero attached hydrogens (tertiary/aromatic N) is 5. The van der Waals surface area contributed by atoms with Crippen LogP contribution < -0.4 is 10.9 Å². The number of hydrogen-bond donors (Lipinski definition) is 1. The maximum atomic E-state index is 14.4. The van der Waals surface area contributed by atoms with Crippen LogP contribution in [0.1, 0.15) is 20.1 Å². The van der Waals surface area contributed by atoms with Gasteiger partial charge in [0.2, 0.25) is 0 Å². The highest BCUT2D eigenvalue weighted by molar-refractivity contribution is 7.15. The van der Waals surface area contributed by atoms with Gasteiger partial charge in [-0.25, -0.2) is 9.97 Å². The molecule has 0 aliphatic heterocycles. The molecule has 8 heteroatoms. The molecule has 1 N–H and O–H groups in total. The summed E-state index contributed by atoms with van der Waals surface area (Å²) in [7, 11) is 1.99. The summed E-state index contributed by atoms with van der Waals surface area (Å²) in [6.07, 6.45) is 3.42. The Hall–Kier alpha value is -4.82. The van der Waals surface area contributed by atoms with Crippen molar-refractivity contribution >= 4 is 49.4 Å². The molecule has 7 aromatic rings. The van der Waals surface area contributed by atoms with Gasteiger partial charge in [-0.1, -0.05) is 54.6 Å². The van der Waals surface area contributed by atoms with Crippen LogP contribution in [0.25, 0.3) is 48.8 Å². The SMILES string of the molecule is C[C@H](Nc1ncnc2sn(C)c12)c1cc2cccc(-c3cnc4ccccc4c3)c2c(=O)n1-c1ccccc1.[HH]. The van der Waals surface area contributed by atoms with Crippen molar-refractivity contribution in [2.75, 3.05) is 5.32 Å². The van der Waals surface area contributed by atoms with Crippen molar-refractivity contribution in [2.45, 2.75) is 13.0 Å². The lowest BCUT2D eigenvalue weighted by Gasteiger charge is -2.23. The molecule has 0 aliphatic carbocycles. The third-order valence-electron chi connectivity index (χ3n) is 7.11. The average Bonchev–Trinajstić information content (AvgIpc) is 2.96. The van der Waals surface area contributed by atoms with E-state index in [4.69, 9.17) is 0 Å². The fourth-order valence-corrected chi connectivity index (χ4v) is 6.04. The van der Waals surface area contributed by atoms with Gasteiger partial charge in [0.05, 0.1) is 16.9 Å². The van der Waals surface area contributed by atoms with Crippen LogP contribution in [-0.2, 0) is 7.05 Å². The Balaban J connectivity index is 0.00000289. The minimum absolute atomic E-state index is 0. The molecule has 4 aromatic heterocycles. The van der Waals surface area contributed by atoms with Gasteiger partial charge < -0.3 is 5.32 Å². The summed E-state index contributed by atoms with van der Waals surface area (Å²) in [6.45, 7) is 2.05. The van der Waals surface area contributed by atoms with Gasteiger partial charge >= 0.3 is 0 Å². The average molecular weight is 531 g/mol. The monoisotopic (exact) mass is 530 g/mol. The van der Waals surface area contributed by atoms with E-state index >= 15 is 0 Å². The van der Waals surface area contributed by atoms with E-state index in [-0.39, 0.29) is 13.0 Å². The van der Waals surface area contributed by atoms with Crippen LogP contribution in [0.15, 0.2) is 102 Å². The van der Waals surface area contributed by atoms with Crippen molar-refractivity contribution in [3.63, 3.8) is 0 Å². The van der Waals surface area contributed by atoms with Crippen LogP contribution in [0, 0.1) is 0 Å². The zero-order valence-corrected chi connectivity index (χ0v) is 22.2. The molecule has 0 spiro atoms. The van der Waals surface area contributed by atoms with Crippen LogP contribution >= 0.6 is 11.5 Å². The third kappa shape index (κ3) is 3.88. The topological polar surface area (TPSA) is 77.6 Å². The number of fused-ring (bicyclic) bond motifs is 3. The highest BCUT2D eigenvalue weighted by atomic mass is 32.1. The van der Waals surface area contributed by atoms with Gasteiger partial charge in [0.25, 0.3) is 5.56 Å². The van der Waals surface area contributed by atoms with Crippen LogP contribution in [-0.4, -0.2) is 23.5 Å². The highest BCUT2D eigenvalue weighted by Crippen LogP contribution is 2.33. The summed E-state index contributed by atoms with van der Waals surface area (Å²) < 4.78 is 3.85. The third-order valence-corrected chi connectivity index (χ3v) is 8.04. The molecule has 0 unspecified atom stereocenters. The van der Waals surface area contributed by atoms with E-state index in [0.717, 1.165) is 55.0 Å². The molecular formula is C31H26N6OS. The van der Waals surface area contributed by atoms with E-state index < -0.39 is 0 Å². The van der Waals surface area contributed by atoms with Crippen molar-refractivity contribution in [3.05, 3.63) is 114 Å². The molecule has 0 radical (unpaired) electrons. The number of pyridine rings is 2. The van der Waals surface area contributed by atoms with E-state index in [1.807, 2.05) is 94.6 Å². The van der Waals surface area contributed by atoms with Crippen LogP contribution in [0.2, 0.25) is 0 Å². The van der Waals surface area contributed by atoms with Crippen molar-refractivity contribution in [3.8, 4) is 16.8 Å². The Kier molecular flexibility index (Phi) is 5.49. The molecule has 7 nitrogen and oxygen atoms in total. The summed E-state index contributed by atoms with van der Waals surface area (Å²) in [5.41, 5.74) is 5.25. The largest absolute Gasteiger partial charge is 0.360 e. The number of hydrogen-bond acceptors (Lipinski definition) is 6. The summed E-state index contributed by atoms with van der Waals surface area (Å²) in [5, 5.41) is 6.12. The minimum Gasteiger partial charge on any atom is -0.360 e. The first-order valence-electron chi connectivity index (χ1n) is 12.7. The van der Waals surface area contributed by atoms with Crippen molar-refractivity contribution < 1.29 is 1.43 Å². The van der Waals surface area contributed by atoms with E-state index in [2.05, 4.69) is 39.3 Å². The summed E-state index contributed by atoms with van der Waals surface area (Å²) in [4.78, 5) is 28.9. The number of benzene rings is 3. The molecule has 3 aromatic carbocycles. The Morgan fingerprint density at radius 3 is 2.54 bits per heavy atom. The lowest BCUT2D eigenvalue weighted by atomic mass is 9.98. The van der Waals surface area contributed by atoms with Gasteiger partial charge in [-0.15, -0.1) is 0 Å². The summed E-state index contributed by atoms with van der Waals surface area (Å²) in [5.74, 6) is 0.747. The maximum absolute atomic E-state index is 14.4. The lowest BCUT2D eigenvalue weighted by molar-refractivity contribution is 0.773. The first kappa shape index (κ1) is 23.3. The molecule has 0 saturated carbocycles. The molecule has 0 amide bonds. The standard InChI is InChI=1S/C31H24N6OS.H2/c1-19(35-29-28-30(34-18-33-29)39-36(28)2)26-16-21-10-8-13-24(22-15-20-9-6-7-14-25(20)32-17-22)27(21)31(38)37(26)23-11-4-3-5-12-23;/h3-19H,1-2H3,(H,33,34,35);1H/t19-;/m0./s1. The predicted molar refractivity (Wildman–Crippen MR) is 161 cm³/mol. The van der Waals surface area contributed by atoms with Crippen molar-refractivity contribution in [1.82, 2.24) is 23.5 Å². The van der Waals surface area contributed by atoms with Crippen LogP contribution in [0.3, 0.4) is 0 Å². The Bertz CT molecular complexity index is 2060. The van der Waals surface area contributed by atoms with E-state index in [1.54, 1.807) is 17.9 Å². The fourth-order valence-electron chi connectivity index (χ4n) is 5.24. The number of aryl methyl sites for hydroxylation is 1. The first-order chi connectivity index (χ1) is 19.1. The second-order valence-electron chi connectivity index (χ2n) is 9.56. The molecule has 0 aliphatic rings. The lowest BCUT2D eigenvalue weighted by Crippen LogP contribution is -2.26. The Morgan fingerprint density at radius 2 is 1.69 bits per heavy atom. The van der Waals surface area contributed by atoms with Gasteiger partial charge in [0.15, 0.2) is 10.6 Å². The number of aromatic nitrogens is 5. The first-order valence-corrected chi connectivity index (χ1v) is 13.5. The number of nitrogens with one attached hydrogen (secondary N) is 1. The number of anilines is 1. The predicted octanol–water partition coefficient (Wildman–Crippen LogP) is 6.97. The van der Waals surface area contributed by atoms with Gasteiger partial charge in [-0.3, -0.25) is 18.3 Å². The van der Waals surface area contributed by atoms with Gasteiger partial charge in [0.1, 0.15) is 11.8 Å². The maximum Gasteiger partial charge on any atom is 0.263 e. The zero-order valence-electron chi connectivity index (χ0n) is 21.4. The molecule has 0 saturated heterocycles. The summed E-state index contributed by atoms with van der Waals surface area (Å²) in [6, 6.07) is 27.8. The molecule has 4 heterocycles. The summed E-state index contributed by atoms with van der Waals surface area (Å²) >= 11 is 1.58. The molecule has 0 bridgehead atoms. The quantitative estimate of drug-likeness (QED) is 0.260. The van der Waals surface area contributed by atoms with Gasteiger partial charge in [-0.2, -0.15) is 0 Å². The number of para-hydroxylation sites is 2. The van der Waals surface area contributed by atoms with Crippen molar-refractivity contribution in [1.29, 1.82) is 0 Å². The molecule has 0 fully saturated rings. The molecular weight excluding hydrogens is 504 g/mol. The van der Waals surface area contributed by atoms with E-state index in [0.29, 0.717) is 5.39 Å². The highest BCUT2D eigenvalue weighted by Gasteiger charge is 2.21. The minimum atomic E-state index is -0.216. The Labute approximate surface area is 229 Å². The van der Waals surface area contributed by atoms with E-state index in [9.17, 15) is 4.79 Å². The molecule has 7 rings (SSSR count). The second-order valence-corrected chi connectivity index (χ2v) is 10.7.